The van der Waals surface area contributed by atoms with Crippen molar-refractivity contribution < 1.29 is 38.7 Å². The third-order valence-corrected chi connectivity index (χ3v) is 4.54. The summed E-state index contributed by atoms with van der Waals surface area (Å²) in [5.41, 5.74) is -0.317. The molecule has 1 heterocycles. The Labute approximate surface area is 181 Å². The average molecular weight is 485 g/mol. The molecule has 170 valence electrons. The van der Waals surface area contributed by atoms with Crippen LogP contribution in [0, 0.1) is 0 Å². The molecule has 3 aromatic rings. The average Bonchev–Trinajstić information content (AvgIpc) is 2.65. The maximum Gasteiger partial charge on any atom is 0.446 e. The molecule has 0 bridgehead atoms. The van der Waals surface area contributed by atoms with Crippen LogP contribution in [0.15, 0.2) is 62.2 Å². The third-order valence-electron chi connectivity index (χ3n) is 3.74. The molecule has 0 unspecified atom stereocenters. The zero-order chi connectivity index (χ0) is 23.7. The van der Waals surface area contributed by atoms with Crippen molar-refractivity contribution in [3.05, 3.63) is 52.9 Å². The number of hydrogen-bond acceptors (Lipinski definition) is 10. The van der Waals surface area contributed by atoms with E-state index in [1.54, 1.807) is 14.1 Å². The topological polar surface area (TPSA) is 185 Å². The van der Waals surface area contributed by atoms with Crippen LogP contribution in [0.3, 0.4) is 0 Å². The van der Waals surface area contributed by atoms with E-state index in [-0.39, 0.29) is 39.3 Å². The van der Waals surface area contributed by atoms with Crippen LogP contribution in [0.25, 0.3) is 22.1 Å². The van der Waals surface area contributed by atoms with E-state index in [1.165, 1.54) is 29.3 Å². The first-order chi connectivity index (χ1) is 14.8. The van der Waals surface area contributed by atoms with Crippen LogP contribution < -0.4 is 13.8 Å². The molecule has 13 nitrogen and oxygen atoms in total. The highest BCUT2D eigenvalue weighted by molar-refractivity contribution is 7.81. The zero-order valence-corrected chi connectivity index (χ0v) is 18.0. The summed E-state index contributed by atoms with van der Waals surface area (Å²) in [5, 5.41) is 8.97. The van der Waals surface area contributed by atoms with Crippen LogP contribution in [0.1, 0.15) is 0 Å². The predicted molar refractivity (Wildman–Crippen MR) is 110 cm³/mol. The largest absolute Gasteiger partial charge is 0.463 e. The van der Waals surface area contributed by atoms with E-state index in [4.69, 9.17) is 13.5 Å². The Hall–Kier alpha value is -3.53. The van der Waals surface area contributed by atoms with E-state index in [2.05, 4.69) is 18.7 Å². The number of nitrogens with zero attached hydrogens (tertiary/aromatic N) is 3. The molecule has 1 aromatic heterocycles. The fourth-order valence-corrected chi connectivity index (χ4v) is 3.28. The summed E-state index contributed by atoms with van der Waals surface area (Å²) < 4.78 is 75.8. The van der Waals surface area contributed by atoms with Crippen molar-refractivity contribution in [3.63, 3.8) is 0 Å². The second kappa shape index (κ2) is 8.54. The Morgan fingerprint density at radius 2 is 1.66 bits per heavy atom. The summed E-state index contributed by atoms with van der Waals surface area (Å²) in [6, 6.07) is 7.29. The number of fused-ring (bicyclic) bond motifs is 1. The van der Waals surface area contributed by atoms with Crippen molar-refractivity contribution in [3.8, 4) is 22.6 Å². The molecule has 0 radical (unpaired) electrons. The van der Waals surface area contributed by atoms with Crippen LogP contribution >= 0.6 is 0 Å². The molecule has 0 saturated heterocycles. The molecule has 0 aliphatic carbocycles. The summed E-state index contributed by atoms with van der Waals surface area (Å²) in [5.74, 6) is -0.604. The van der Waals surface area contributed by atoms with Crippen LogP contribution in [0.5, 0.6) is 11.5 Å². The van der Waals surface area contributed by atoms with Crippen molar-refractivity contribution in [2.24, 2.45) is 10.3 Å². The minimum atomic E-state index is -4.84. The molecule has 0 aliphatic rings. The lowest BCUT2D eigenvalue weighted by molar-refractivity contribution is 0.383. The van der Waals surface area contributed by atoms with Crippen molar-refractivity contribution in [2.75, 3.05) is 14.1 Å². The van der Waals surface area contributed by atoms with Gasteiger partial charge in [-0.1, -0.05) is 11.3 Å². The van der Waals surface area contributed by atoms with Crippen LogP contribution in [0.2, 0.25) is 0 Å². The Balaban J connectivity index is 2.10. The minimum Gasteiger partial charge on any atom is -0.463 e. The van der Waals surface area contributed by atoms with Gasteiger partial charge in [-0.3, -0.25) is 18.9 Å². The Morgan fingerprint density at radius 3 is 2.28 bits per heavy atom. The smallest absolute Gasteiger partial charge is 0.446 e. The minimum absolute atomic E-state index is 0.0150. The third kappa shape index (κ3) is 5.79. The second-order valence-electron chi connectivity index (χ2n) is 6.38. The Morgan fingerprint density at radius 1 is 0.969 bits per heavy atom. The molecule has 3 rings (SSSR count). The Bertz CT molecular complexity index is 1480. The van der Waals surface area contributed by atoms with Gasteiger partial charge in [0.2, 0.25) is 0 Å². The lowest BCUT2D eigenvalue weighted by Crippen LogP contribution is -2.08. The normalized spacial score (nSPS) is 12.2. The van der Waals surface area contributed by atoms with Crippen molar-refractivity contribution >= 4 is 37.5 Å². The van der Waals surface area contributed by atoms with Gasteiger partial charge in [0.25, 0.3) is 0 Å². The summed E-state index contributed by atoms with van der Waals surface area (Å²) in [6.07, 6.45) is 1.09. The molecule has 0 amide bonds. The maximum atomic E-state index is 12.9. The number of rotatable bonds is 7. The van der Waals surface area contributed by atoms with Gasteiger partial charge in [-0.2, -0.15) is 16.8 Å². The highest BCUT2D eigenvalue weighted by Crippen LogP contribution is 2.34. The second-order valence-corrected chi connectivity index (χ2v) is 8.42. The quantitative estimate of drug-likeness (QED) is 0.284. The highest BCUT2D eigenvalue weighted by Gasteiger charge is 2.17. The first kappa shape index (κ1) is 23.1. The monoisotopic (exact) mass is 485 g/mol. The molecule has 0 spiro atoms. The molecular weight excluding hydrogens is 470 g/mol. The molecule has 0 saturated carbocycles. The van der Waals surface area contributed by atoms with Gasteiger partial charge in [0.15, 0.2) is 11.2 Å². The Kier molecular flexibility index (Phi) is 6.18. The van der Waals surface area contributed by atoms with Gasteiger partial charge in [0, 0.05) is 20.2 Å². The molecule has 0 aliphatic heterocycles. The van der Waals surface area contributed by atoms with E-state index in [0.29, 0.717) is 0 Å². The van der Waals surface area contributed by atoms with E-state index >= 15 is 0 Å². The lowest BCUT2D eigenvalue weighted by Gasteiger charge is -2.09. The first-order valence-corrected chi connectivity index (χ1v) is 11.2. The number of hydrogen-bond donors (Lipinski definition) is 2. The summed E-state index contributed by atoms with van der Waals surface area (Å²) in [6.45, 7) is 0. The molecule has 32 heavy (non-hydrogen) atoms. The lowest BCUT2D eigenvalue weighted by atomic mass is 10.0. The molecule has 2 N–H and O–H groups in total. The van der Waals surface area contributed by atoms with Crippen LogP contribution in [-0.2, 0) is 20.8 Å². The van der Waals surface area contributed by atoms with Crippen LogP contribution in [-0.4, -0.2) is 45.0 Å². The SMILES string of the molecule is CN(C)N=Nc1cc(-c2coc3cc(OS(=O)(=O)O)ccc3c2=O)ccc1OS(=O)(=O)O. The summed E-state index contributed by atoms with van der Waals surface area (Å²) in [4.78, 5) is 12.9. The predicted octanol–water partition coefficient (Wildman–Crippen LogP) is 2.38. The van der Waals surface area contributed by atoms with Gasteiger partial charge < -0.3 is 12.8 Å². The van der Waals surface area contributed by atoms with Gasteiger partial charge in [0.1, 0.15) is 23.3 Å². The van der Waals surface area contributed by atoms with E-state index in [0.717, 1.165) is 18.4 Å². The maximum absolute atomic E-state index is 12.9. The summed E-state index contributed by atoms with van der Waals surface area (Å²) in [7, 11) is -6.47. The van der Waals surface area contributed by atoms with Gasteiger partial charge in [0.05, 0.1) is 10.9 Å². The molecule has 2 aromatic carbocycles. The van der Waals surface area contributed by atoms with Crippen LogP contribution in [0.4, 0.5) is 5.69 Å². The fourth-order valence-electron chi connectivity index (χ4n) is 2.57. The molecule has 15 heteroatoms. The van der Waals surface area contributed by atoms with Gasteiger partial charge >= 0.3 is 20.8 Å². The molecule has 0 fully saturated rings. The first-order valence-electron chi connectivity index (χ1n) is 8.45. The van der Waals surface area contributed by atoms with Crippen molar-refractivity contribution in [1.82, 2.24) is 5.01 Å². The van der Waals surface area contributed by atoms with Gasteiger partial charge in [-0.05, 0) is 29.8 Å². The standard InChI is InChI=1S/C17H15N3O10S2/c1-20(2)19-18-14-7-10(3-6-15(14)30-32(25,26)27)13-9-28-16-8-11(29-31(22,23)24)4-5-12(16)17(13)21/h3-9H,1-2H3,(H,22,23,24)(H,25,26,27). The fraction of sp³-hybridized carbons (Fsp3) is 0.118. The van der Waals surface area contributed by atoms with Gasteiger partial charge in [-0.25, -0.2) is 0 Å². The molecular formula is C17H15N3O10S2. The van der Waals surface area contributed by atoms with E-state index in [9.17, 15) is 21.6 Å². The van der Waals surface area contributed by atoms with Crippen molar-refractivity contribution in [2.45, 2.75) is 0 Å². The van der Waals surface area contributed by atoms with E-state index in [1.807, 2.05) is 0 Å². The van der Waals surface area contributed by atoms with E-state index < -0.39 is 26.2 Å². The number of benzene rings is 2. The molecule has 0 atom stereocenters. The van der Waals surface area contributed by atoms with Crippen molar-refractivity contribution in [1.29, 1.82) is 0 Å². The highest BCUT2D eigenvalue weighted by atomic mass is 32.3. The zero-order valence-electron chi connectivity index (χ0n) is 16.4. The van der Waals surface area contributed by atoms with Gasteiger partial charge in [-0.15, -0.1) is 5.11 Å². The summed E-state index contributed by atoms with van der Waals surface area (Å²) >= 11 is 0.